The Bertz CT molecular complexity index is 411. The van der Waals surface area contributed by atoms with E-state index in [4.69, 9.17) is 15.3 Å². The average molecular weight is 224 g/mol. The lowest BCUT2D eigenvalue weighted by Crippen LogP contribution is -2.08. The van der Waals surface area contributed by atoms with E-state index < -0.39 is 18.2 Å². The van der Waals surface area contributed by atoms with Gasteiger partial charge in [0.25, 0.3) is 0 Å². The molecule has 1 atom stereocenters. The maximum atomic E-state index is 10.7. The number of carbonyl (C=O) groups is 2. The normalized spacial score (nSPS) is 12.5. The van der Waals surface area contributed by atoms with Crippen LogP contribution in [0.25, 0.3) is 0 Å². The summed E-state index contributed by atoms with van der Waals surface area (Å²) >= 11 is 0. The predicted octanol–water partition coefficient (Wildman–Crippen LogP) is 0.670. The van der Waals surface area contributed by atoms with Crippen molar-refractivity contribution in [2.24, 2.45) is 0 Å². The molecule has 0 saturated carbocycles. The Labute approximate surface area is 92.0 Å². The summed E-state index contributed by atoms with van der Waals surface area (Å²) in [7, 11) is 0. The van der Waals surface area contributed by atoms with Crippen LogP contribution in [-0.4, -0.2) is 27.6 Å². The third-order valence-electron chi connectivity index (χ3n) is 2.31. The molecule has 0 aliphatic heterocycles. The van der Waals surface area contributed by atoms with Crippen molar-refractivity contribution in [2.75, 3.05) is 0 Å². The second kappa shape index (κ2) is 4.87. The number of carbonyl (C=O) groups excluding carboxylic acids is 1. The minimum Gasteiger partial charge on any atom is -0.478 e. The van der Waals surface area contributed by atoms with E-state index in [2.05, 4.69) is 0 Å². The van der Waals surface area contributed by atoms with Crippen molar-refractivity contribution in [3.8, 4) is 0 Å². The maximum Gasteiger partial charge on any atom is 0.335 e. The lowest BCUT2D eigenvalue weighted by molar-refractivity contribution is -0.108. The first-order chi connectivity index (χ1) is 7.47. The molecular weight excluding hydrogens is 212 g/mol. The van der Waals surface area contributed by atoms with E-state index in [9.17, 15) is 9.59 Å². The van der Waals surface area contributed by atoms with Crippen LogP contribution in [0.4, 0.5) is 0 Å². The van der Waals surface area contributed by atoms with E-state index in [0.29, 0.717) is 11.8 Å². The summed E-state index contributed by atoms with van der Waals surface area (Å²) in [6.45, 7) is 1.59. The molecule has 1 aromatic rings. The van der Waals surface area contributed by atoms with Crippen LogP contribution >= 0.6 is 0 Å². The van der Waals surface area contributed by atoms with Crippen molar-refractivity contribution >= 4 is 12.3 Å². The fraction of sp³-hybridized carbons (Fsp3) is 0.273. The first kappa shape index (κ1) is 12.4. The van der Waals surface area contributed by atoms with E-state index >= 15 is 0 Å². The molecule has 5 heteroatoms. The van der Waals surface area contributed by atoms with Crippen molar-refractivity contribution in [1.29, 1.82) is 0 Å². The van der Waals surface area contributed by atoms with Gasteiger partial charge in [0.05, 0.1) is 5.56 Å². The van der Waals surface area contributed by atoms with Crippen LogP contribution in [0.5, 0.6) is 0 Å². The summed E-state index contributed by atoms with van der Waals surface area (Å²) < 4.78 is 0. The number of rotatable bonds is 4. The summed E-state index contributed by atoms with van der Waals surface area (Å²) in [6.07, 6.45) is -1.14. The number of aldehydes is 1. The number of hydrogen-bond donors (Lipinski definition) is 3. The van der Waals surface area contributed by atoms with Crippen molar-refractivity contribution in [2.45, 2.75) is 19.1 Å². The number of carboxylic acids is 1. The molecule has 0 bridgehead atoms. The highest BCUT2D eigenvalue weighted by atomic mass is 16.5. The smallest absolute Gasteiger partial charge is 0.335 e. The molecule has 0 spiro atoms. The van der Waals surface area contributed by atoms with Crippen molar-refractivity contribution in [3.05, 3.63) is 34.9 Å². The highest BCUT2D eigenvalue weighted by molar-refractivity contribution is 5.88. The summed E-state index contributed by atoms with van der Waals surface area (Å²) in [6, 6.07) is 3.89. The fourth-order valence-corrected chi connectivity index (χ4v) is 1.42. The summed E-state index contributed by atoms with van der Waals surface area (Å²) in [5.74, 6) is -1.67. The summed E-state index contributed by atoms with van der Waals surface area (Å²) in [4.78, 5) is 21.3. The zero-order valence-corrected chi connectivity index (χ0v) is 8.62. The Balaban J connectivity index is 3.30. The molecule has 1 aromatic carbocycles. The summed E-state index contributed by atoms with van der Waals surface area (Å²) in [5.41, 5.74) is 0.402. The van der Waals surface area contributed by atoms with Crippen LogP contribution < -0.4 is 0 Å². The Hall–Kier alpha value is -1.72. The van der Waals surface area contributed by atoms with Gasteiger partial charge in [-0.3, -0.25) is 0 Å². The molecular formula is C11H12O5. The van der Waals surface area contributed by atoms with Crippen LogP contribution in [0, 0.1) is 0 Å². The number of carboxylic acid groups (broad SMARTS) is 1. The lowest BCUT2D eigenvalue weighted by atomic mass is 9.94. The van der Waals surface area contributed by atoms with Crippen LogP contribution in [0.1, 0.15) is 40.6 Å². The van der Waals surface area contributed by atoms with E-state index in [0.717, 1.165) is 6.07 Å². The fourth-order valence-electron chi connectivity index (χ4n) is 1.42. The monoisotopic (exact) mass is 224 g/mol. The minimum absolute atomic E-state index is 0.0412. The maximum absolute atomic E-state index is 10.7. The molecule has 0 aliphatic carbocycles. The lowest BCUT2D eigenvalue weighted by Gasteiger charge is -2.14. The van der Waals surface area contributed by atoms with Gasteiger partial charge < -0.3 is 20.1 Å². The van der Waals surface area contributed by atoms with Gasteiger partial charge in [0.2, 0.25) is 0 Å². The van der Waals surface area contributed by atoms with Crippen molar-refractivity contribution in [3.63, 3.8) is 0 Å². The molecule has 0 amide bonds. The third-order valence-corrected chi connectivity index (χ3v) is 2.31. The molecule has 0 heterocycles. The van der Waals surface area contributed by atoms with E-state index in [-0.39, 0.29) is 11.1 Å². The topological polar surface area (TPSA) is 94.8 Å². The number of benzene rings is 1. The van der Waals surface area contributed by atoms with Gasteiger partial charge in [-0.1, -0.05) is 13.0 Å². The zero-order valence-electron chi connectivity index (χ0n) is 8.62. The zero-order chi connectivity index (χ0) is 12.3. The molecule has 0 radical (unpaired) electrons. The molecule has 16 heavy (non-hydrogen) atoms. The van der Waals surface area contributed by atoms with E-state index in [1.807, 2.05) is 0 Å². The van der Waals surface area contributed by atoms with Gasteiger partial charge in [-0.15, -0.1) is 0 Å². The second-order valence-corrected chi connectivity index (χ2v) is 3.45. The standard InChI is InChI=1S/C11H12O5/c1-6(5-12)8-3-2-7(10(13)14)4-9(8)11(15)16/h2-6,11,15-16H,1H3,(H,13,14). The van der Waals surface area contributed by atoms with Crippen LogP contribution in [0.15, 0.2) is 18.2 Å². The number of aliphatic hydroxyl groups excluding tert-OH is 1. The Kier molecular flexibility index (Phi) is 3.76. The molecule has 1 rings (SSSR count). The minimum atomic E-state index is -1.79. The van der Waals surface area contributed by atoms with Gasteiger partial charge in [-0.05, 0) is 17.7 Å². The van der Waals surface area contributed by atoms with E-state index in [1.54, 1.807) is 6.92 Å². The molecule has 86 valence electrons. The molecule has 0 fully saturated rings. The first-order valence-corrected chi connectivity index (χ1v) is 4.66. The molecule has 3 N–H and O–H groups in total. The van der Waals surface area contributed by atoms with Crippen LogP contribution in [0.2, 0.25) is 0 Å². The predicted molar refractivity (Wildman–Crippen MR) is 55.1 cm³/mol. The van der Waals surface area contributed by atoms with Gasteiger partial charge in [0.15, 0.2) is 6.29 Å². The van der Waals surface area contributed by atoms with Crippen LogP contribution in [0.3, 0.4) is 0 Å². The SMILES string of the molecule is CC(C=O)c1ccc(C(=O)O)cc1C(O)O. The van der Waals surface area contributed by atoms with Crippen LogP contribution in [-0.2, 0) is 4.79 Å². The summed E-state index contributed by atoms with van der Waals surface area (Å²) in [5, 5.41) is 26.9. The highest BCUT2D eigenvalue weighted by Gasteiger charge is 2.16. The number of aliphatic hydroxyl groups is 2. The van der Waals surface area contributed by atoms with Gasteiger partial charge >= 0.3 is 5.97 Å². The second-order valence-electron chi connectivity index (χ2n) is 3.45. The molecule has 0 saturated heterocycles. The van der Waals surface area contributed by atoms with Gasteiger partial charge in [-0.25, -0.2) is 4.79 Å². The Morgan fingerprint density at radius 1 is 1.31 bits per heavy atom. The highest BCUT2D eigenvalue weighted by Crippen LogP contribution is 2.24. The van der Waals surface area contributed by atoms with Crippen molar-refractivity contribution in [1.82, 2.24) is 0 Å². The molecule has 1 unspecified atom stereocenters. The van der Waals surface area contributed by atoms with Gasteiger partial charge in [-0.2, -0.15) is 0 Å². The first-order valence-electron chi connectivity index (χ1n) is 4.66. The molecule has 0 aliphatic rings. The number of aromatic carboxylic acids is 1. The van der Waals surface area contributed by atoms with Gasteiger partial charge in [0.1, 0.15) is 6.29 Å². The molecule has 0 aromatic heterocycles. The quantitative estimate of drug-likeness (QED) is 0.516. The largest absolute Gasteiger partial charge is 0.478 e. The Morgan fingerprint density at radius 3 is 2.38 bits per heavy atom. The van der Waals surface area contributed by atoms with Gasteiger partial charge in [0, 0.05) is 11.5 Å². The van der Waals surface area contributed by atoms with Crippen molar-refractivity contribution < 1.29 is 24.9 Å². The number of hydrogen-bond acceptors (Lipinski definition) is 4. The molecule has 5 nitrogen and oxygen atoms in total. The van der Waals surface area contributed by atoms with E-state index in [1.165, 1.54) is 12.1 Å². The Morgan fingerprint density at radius 2 is 1.94 bits per heavy atom. The third kappa shape index (κ3) is 2.44. The average Bonchev–Trinajstić information content (AvgIpc) is 2.26.